The molecule has 0 aromatic carbocycles. The van der Waals surface area contributed by atoms with E-state index < -0.39 is 20.0 Å². The Morgan fingerprint density at radius 3 is 1.10 bits per heavy atom. The summed E-state index contributed by atoms with van der Waals surface area (Å²) in [7, 11) is 1.52. The van der Waals surface area contributed by atoms with Gasteiger partial charge in [-0.15, -0.1) is 0 Å². The van der Waals surface area contributed by atoms with Crippen LogP contribution in [0.25, 0.3) is 0 Å². The van der Waals surface area contributed by atoms with Gasteiger partial charge in [0.25, 0.3) is 0 Å². The molecule has 0 heterocycles. The lowest BCUT2D eigenvalue weighted by Crippen LogP contribution is -2.47. The highest BCUT2D eigenvalue weighted by molar-refractivity contribution is 7.47. The van der Waals surface area contributed by atoms with Crippen LogP contribution in [0.5, 0.6) is 0 Å². The summed E-state index contributed by atoms with van der Waals surface area (Å²) in [4.78, 5) is 37.8. The number of nitrogens with one attached hydrogen (secondary N) is 1. The van der Waals surface area contributed by atoms with E-state index in [0.717, 1.165) is 57.8 Å². The van der Waals surface area contributed by atoms with Crippen molar-refractivity contribution in [1.29, 1.82) is 0 Å². The van der Waals surface area contributed by atoms with Gasteiger partial charge in [0.1, 0.15) is 19.3 Å². The lowest BCUT2D eigenvalue weighted by atomic mass is 10.0. The summed E-state index contributed by atoms with van der Waals surface area (Å²) < 4.78 is 30.8. The van der Waals surface area contributed by atoms with E-state index in [1.54, 1.807) is 0 Å². The number of hydrogen-bond acceptors (Lipinski definition) is 6. The molecule has 0 aliphatic carbocycles. The van der Waals surface area contributed by atoms with Crippen molar-refractivity contribution in [1.82, 2.24) is 5.32 Å². The molecule has 2 N–H and O–H groups in total. The van der Waals surface area contributed by atoms with Gasteiger partial charge in [-0.2, -0.15) is 0 Å². The molecule has 0 radical (unpaired) electrons. The largest absolute Gasteiger partial charge is 0.472 e. The molecule has 0 rings (SSSR count). The summed E-state index contributed by atoms with van der Waals surface area (Å²) in [5.41, 5.74) is 0. The highest BCUT2D eigenvalue weighted by Crippen LogP contribution is 2.43. The van der Waals surface area contributed by atoms with Crippen LogP contribution in [-0.2, 0) is 27.9 Å². The lowest BCUT2D eigenvalue weighted by molar-refractivity contribution is -0.870. The van der Waals surface area contributed by atoms with Crippen molar-refractivity contribution in [3.8, 4) is 0 Å². The standard InChI is InChI=1S/C67H131N2O7P/c1-7-10-13-16-19-22-25-27-29-31-32-33-34-35-36-38-39-41-44-47-50-53-56-59-66(70)68-64(63-75-77(72,73)74-62-61-69(4,5)6)65(58-55-52-49-46-43-24-21-18-15-12-9-3)76-67(71)60-57-54-51-48-45-42-40-37-30-28-26-23-20-17-14-11-8-2/h27,29,55,58,64-65H,7-26,28,30-54,56-57,59-63H2,1-6H3,(H-,68,70,72,73)/p+1/b29-27+,58-55-. The number of carbonyl (C=O) groups excluding carboxylic acids is 2. The van der Waals surface area contributed by atoms with Crippen LogP contribution >= 0.6 is 7.82 Å². The molecule has 0 spiro atoms. The molecule has 3 atom stereocenters. The van der Waals surface area contributed by atoms with Crippen LogP contribution in [0, 0.1) is 0 Å². The summed E-state index contributed by atoms with van der Waals surface area (Å²) in [5.74, 6) is -0.485. The van der Waals surface area contributed by atoms with Crippen molar-refractivity contribution >= 4 is 19.7 Å². The molecule has 0 aromatic heterocycles. The maximum Gasteiger partial charge on any atom is 0.472 e. The van der Waals surface area contributed by atoms with Crippen LogP contribution in [0.2, 0.25) is 0 Å². The Kier molecular flexibility index (Phi) is 56.6. The molecule has 0 saturated carbocycles. The molecule has 77 heavy (non-hydrogen) atoms. The number of carbonyl (C=O) groups is 2. The second-order valence-corrected chi connectivity index (χ2v) is 25.8. The van der Waals surface area contributed by atoms with Crippen molar-refractivity contribution < 1.29 is 37.3 Å². The number of unbranched alkanes of at least 4 members (excludes halogenated alkanes) is 44. The van der Waals surface area contributed by atoms with Crippen molar-refractivity contribution in [2.75, 3.05) is 40.9 Å². The van der Waals surface area contributed by atoms with Gasteiger partial charge in [-0.3, -0.25) is 18.6 Å². The predicted octanol–water partition coefficient (Wildman–Crippen LogP) is 20.9. The van der Waals surface area contributed by atoms with E-state index in [4.69, 9.17) is 13.8 Å². The molecule has 0 aliphatic heterocycles. The fourth-order valence-electron chi connectivity index (χ4n) is 10.2. The van der Waals surface area contributed by atoms with Crippen LogP contribution in [0.15, 0.2) is 24.3 Å². The van der Waals surface area contributed by atoms with E-state index in [1.165, 1.54) is 250 Å². The Labute approximate surface area is 479 Å². The SMILES string of the molecule is CCCCCCCC/C=C/CCCCCCCCCCCCCCCC(=O)NC(COP(=O)(O)OCC[N+](C)(C)C)C(/C=C\CCCCCCCCCCC)OC(=O)CCCCCCCCCCCCCCCCCCC. The number of phosphoric acid groups is 1. The monoisotopic (exact) mass is 1110 g/mol. The van der Waals surface area contributed by atoms with Gasteiger partial charge in [0.2, 0.25) is 5.91 Å². The number of likely N-dealkylation sites (N-methyl/N-ethyl adjacent to an activating group) is 1. The maximum atomic E-state index is 13.6. The minimum absolute atomic E-state index is 0.0442. The van der Waals surface area contributed by atoms with Gasteiger partial charge in [0.15, 0.2) is 0 Å². The van der Waals surface area contributed by atoms with Crippen LogP contribution in [0.1, 0.15) is 342 Å². The van der Waals surface area contributed by atoms with E-state index in [9.17, 15) is 19.0 Å². The van der Waals surface area contributed by atoms with Gasteiger partial charge >= 0.3 is 13.8 Å². The Hall–Kier alpha value is -1.51. The van der Waals surface area contributed by atoms with E-state index in [-0.39, 0.29) is 25.1 Å². The zero-order valence-corrected chi connectivity index (χ0v) is 53.1. The second kappa shape index (κ2) is 57.7. The van der Waals surface area contributed by atoms with Gasteiger partial charge in [-0.05, 0) is 57.4 Å². The maximum absolute atomic E-state index is 13.6. The molecule has 0 bridgehead atoms. The highest BCUT2D eigenvalue weighted by atomic mass is 31.2. The molecular formula is C67H132N2O7P+. The summed E-state index contributed by atoms with van der Waals surface area (Å²) in [5, 5.41) is 3.07. The zero-order valence-electron chi connectivity index (χ0n) is 52.2. The minimum Gasteiger partial charge on any atom is -0.456 e. The van der Waals surface area contributed by atoms with Crippen molar-refractivity contribution in [2.45, 2.75) is 354 Å². The Morgan fingerprint density at radius 1 is 0.442 bits per heavy atom. The minimum atomic E-state index is -4.44. The number of amides is 1. The number of quaternary nitrogens is 1. The molecule has 456 valence electrons. The van der Waals surface area contributed by atoms with Gasteiger partial charge in [0, 0.05) is 12.8 Å². The number of esters is 1. The van der Waals surface area contributed by atoms with Crippen molar-refractivity contribution in [3.63, 3.8) is 0 Å². The Morgan fingerprint density at radius 2 is 0.753 bits per heavy atom. The van der Waals surface area contributed by atoms with Gasteiger partial charge in [0.05, 0.1) is 33.8 Å². The van der Waals surface area contributed by atoms with Gasteiger partial charge < -0.3 is 19.4 Å². The third-order valence-electron chi connectivity index (χ3n) is 15.4. The lowest BCUT2D eigenvalue weighted by Gasteiger charge is -2.27. The first-order chi connectivity index (χ1) is 37.4. The average Bonchev–Trinajstić information content (AvgIpc) is 3.39. The molecule has 0 aliphatic rings. The average molecular weight is 1110 g/mol. The summed E-state index contributed by atoms with van der Waals surface area (Å²) >= 11 is 0. The van der Waals surface area contributed by atoms with Crippen LogP contribution in [-0.4, -0.2) is 74.3 Å². The topological polar surface area (TPSA) is 111 Å². The first kappa shape index (κ1) is 75.5. The summed E-state index contributed by atoms with van der Waals surface area (Å²) in [6.07, 6.45) is 69.0. The Balaban J connectivity index is 5.05. The van der Waals surface area contributed by atoms with Crippen LogP contribution < -0.4 is 5.32 Å². The number of hydrogen-bond donors (Lipinski definition) is 2. The first-order valence-electron chi connectivity index (χ1n) is 33.7. The summed E-state index contributed by atoms with van der Waals surface area (Å²) in [6.45, 7) is 7.06. The number of phosphoric ester groups is 1. The third-order valence-corrected chi connectivity index (χ3v) is 16.4. The number of rotatable bonds is 62. The predicted molar refractivity (Wildman–Crippen MR) is 333 cm³/mol. The quantitative estimate of drug-likeness (QED) is 0.0205. The first-order valence-corrected chi connectivity index (χ1v) is 35.2. The molecular weight excluding hydrogens is 976 g/mol. The van der Waals surface area contributed by atoms with E-state index in [0.29, 0.717) is 23.9 Å². The normalized spacial score (nSPS) is 13.7. The van der Waals surface area contributed by atoms with Gasteiger partial charge in [-0.1, -0.05) is 296 Å². The number of ether oxygens (including phenoxy) is 1. The molecule has 0 fully saturated rings. The smallest absolute Gasteiger partial charge is 0.456 e. The molecule has 0 saturated heterocycles. The third kappa shape index (κ3) is 58.9. The van der Waals surface area contributed by atoms with E-state index in [1.807, 2.05) is 33.3 Å². The molecule has 10 heteroatoms. The van der Waals surface area contributed by atoms with Crippen molar-refractivity contribution in [2.24, 2.45) is 0 Å². The van der Waals surface area contributed by atoms with Crippen molar-refractivity contribution in [3.05, 3.63) is 24.3 Å². The second-order valence-electron chi connectivity index (χ2n) is 24.4. The summed E-state index contributed by atoms with van der Waals surface area (Å²) in [6, 6.07) is -0.842. The molecule has 9 nitrogen and oxygen atoms in total. The Bertz CT molecular complexity index is 1370. The number of allylic oxidation sites excluding steroid dienone is 3. The van der Waals surface area contributed by atoms with E-state index >= 15 is 0 Å². The highest BCUT2D eigenvalue weighted by Gasteiger charge is 2.30. The van der Waals surface area contributed by atoms with Crippen LogP contribution in [0.3, 0.4) is 0 Å². The zero-order chi connectivity index (χ0) is 56.4. The van der Waals surface area contributed by atoms with E-state index in [2.05, 4.69) is 38.2 Å². The molecule has 1 amide bonds. The molecule has 3 unspecified atom stereocenters. The van der Waals surface area contributed by atoms with Crippen LogP contribution in [0.4, 0.5) is 0 Å². The fourth-order valence-corrected chi connectivity index (χ4v) is 10.9. The number of nitrogens with zero attached hydrogens (tertiary/aromatic N) is 1. The molecule has 0 aromatic rings. The fraction of sp³-hybridized carbons (Fsp3) is 0.910. The van der Waals surface area contributed by atoms with Gasteiger partial charge in [-0.25, -0.2) is 4.57 Å².